The number of rotatable bonds is 4. The number of aryl methyl sites for hydroxylation is 3. The van der Waals surface area contributed by atoms with E-state index in [-0.39, 0.29) is 6.04 Å². The van der Waals surface area contributed by atoms with Crippen molar-refractivity contribution in [2.45, 2.75) is 46.0 Å². The number of likely N-dealkylation sites (tertiary alicyclic amines) is 1. The van der Waals surface area contributed by atoms with Crippen LogP contribution in [0, 0.1) is 20.8 Å². The number of alkyl halides is 3. The Hall–Kier alpha value is -1.76. The topological polar surface area (TPSA) is 39.7 Å². The van der Waals surface area contributed by atoms with Crippen molar-refractivity contribution in [2.75, 3.05) is 26.7 Å². The minimum atomic E-state index is -4.14. The number of nitrogens with one attached hydrogen (secondary N) is 2. The van der Waals surface area contributed by atoms with Gasteiger partial charge in [0.15, 0.2) is 5.96 Å². The van der Waals surface area contributed by atoms with E-state index in [1.54, 1.807) is 7.05 Å². The monoisotopic (exact) mass is 356 g/mol. The Labute approximate surface area is 147 Å². The first-order chi connectivity index (χ1) is 11.7. The Bertz CT molecular complexity index is 602. The van der Waals surface area contributed by atoms with Gasteiger partial charge in [0, 0.05) is 32.7 Å². The quantitative estimate of drug-likeness (QED) is 0.644. The summed E-state index contributed by atoms with van der Waals surface area (Å²) in [5, 5.41) is 6.51. The second-order valence-electron chi connectivity index (χ2n) is 6.78. The first-order valence-corrected chi connectivity index (χ1v) is 8.51. The van der Waals surface area contributed by atoms with E-state index in [1.807, 2.05) is 0 Å². The predicted octanol–water partition coefficient (Wildman–Crippen LogP) is 2.91. The number of hydrogen-bond donors (Lipinski definition) is 2. The molecule has 25 heavy (non-hydrogen) atoms. The van der Waals surface area contributed by atoms with Gasteiger partial charge in [0.1, 0.15) is 0 Å². The van der Waals surface area contributed by atoms with Gasteiger partial charge in [-0.2, -0.15) is 13.2 Å². The Kier molecular flexibility index (Phi) is 6.32. The molecule has 0 aliphatic carbocycles. The zero-order valence-corrected chi connectivity index (χ0v) is 15.3. The molecule has 0 aromatic heterocycles. The van der Waals surface area contributed by atoms with E-state index >= 15 is 0 Å². The molecular weight excluding hydrogens is 329 g/mol. The average molecular weight is 356 g/mol. The van der Waals surface area contributed by atoms with Crippen LogP contribution in [-0.2, 0) is 6.54 Å². The maximum Gasteiger partial charge on any atom is 0.401 e. The summed E-state index contributed by atoms with van der Waals surface area (Å²) in [6, 6.07) is 4.27. The fourth-order valence-corrected chi connectivity index (χ4v) is 3.40. The summed E-state index contributed by atoms with van der Waals surface area (Å²) in [5.41, 5.74) is 4.89. The summed E-state index contributed by atoms with van der Waals surface area (Å²) in [5.74, 6) is 0.623. The number of benzene rings is 1. The highest BCUT2D eigenvalue weighted by Crippen LogP contribution is 2.20. The second kappa shape index (κ2) is 8.08. The summed E-state index contributed by atoms with van der Waals surface area (Å²) in [6.45, 7) is 6.85. The van der Waals surface area contributed by atoms with Gasteiger partial charge < -0.3 is 10.6 Å². The molecule has 1 saturated heterocycles. The van der Waals surface area contributed by atoms with E-state index in [0.29, 0.717) is 32.0 Å². The van der Waals surface area contributed by atoms with Crippen LogP contribution in [0.2, 0.25) is 0 Å². The van der Waals surface area contributed by atoms with E-state index in [4.69, 9.17) is 0 Å². The Morgan fingerprint density at radius 3 is 2.44 bits per heavy atom. The van der Waals surface area contributed by atoms with Crippen LogP contribution < -0.4 is 10.6 Å². The summed E-state index contributed by atoms with van der Waals surface area (Å²) in [7, 11) is 1.67. The van der Waals surface area contributed by atoms with Gasteiger partial charge in [0.05, 0.1) is 6.54 Å². The molecule has 0 spiro atoms. The molecule has 4 nitrogen and oxygen atoms in total. The van der Waals surface area contributed by atoms with Crippen LogP contribution in [0.5, 0.6) is 0 Å². The summed E-state index contributed by atoms with van der Waals surface area (Å²) in [6.07, 6.45) is -3.46. The lowest BCUT2D eigenvalue weighted by Crippen LogP contribution is -2.45. The van der Waals surface area contributed by atoms with Gasteiger partial charge in [-0.3, -0.25) is 9.89 Å². The summed E-state index contributed by atoms with van der Waals surface area (Å²) in [4.78, 5) is 5.63. The predicted molar refractivity (Wildman–Crippen MR) is 94.9 cm³/mol. The lowest BCUT2D eigenvalue weighted by atomic mass is 10.00. The van der Waals surface area contributed by atoms with Crippen molar-refractivity contribution in [3.63, 3.8) is 0 Å². The first-order valence-electron chi connectivity index (χ1n) is 8.51. The van der Waals surface area contributed by atoms with Crippen LogP contribution in [0.4, 0.5) is 13.2 Å². The van der Waals surface area contributed by atoms with Crippen molar-refractivity contribution in [1.29, 1.82) is 0 Å². The van der Waals surface area contributed by atoms with Gasteiger partial charge in [-0.1, -0.05) is 17.7 Å². The van der Waals surface area contributed by atoms with Crippen LogP contribution in [0.3, 0.4) is 0 Å². The van der Waals surface area contributed by atoms with Gasteiger partial charge in [-0.15, -0.1) is 0 Å². The Balaban J connectivity index is 1.88. The molecule has 2 rings (SSSR count). The van der Waals surface area contributed by atoms with Crippen LogP contribution in [0.25, 0.3) is 0 Å². The van der Waals surface area contributed by atoms with Crippen molar-refractivity contribution >= 4 is 5.96 Å². The molecule has 1 aromatic rings. The van der Waals surface area contributed by atoms with Gasteiger partial charge in [0.25, 0.3) is 0 Å². The highest BCUT2D eigenvalue weighted by Gasteiger charge is 2.34. The number of nitrogens with zero attached hydrogens (tertiary/aromatic N) is 2. The summed E-state index contributed by atoms with van der Waals surface area (Å²) >= 11 is 0. The van der Waals surface area contributed by atoms with Gasteiger partial charge in [-0.25, -0.2) is 0 Å². The third-order valence-corrected chi connectivity index (χ3v) is 4.51. The van der Waals surface area contributed by atoms with E-state index in [0.717, 1.165) is 0 Å². The molecule has 0 amide bonds. The van der Waals surface area contributed by atoms with Crippen LogP contribution >= 0.6 is 0 Å². The number of hydrogen-bond acceptors (Lipinski definition) is 2. The van der Waals surface area contributed by atoms with Crippen LogP contribution in [0.1, 0.15) is 28.7 Å². The SMILES string of the molecule is CN=C(NCc1c(C)cc(C)cc1C)NC1CCN(CC(F)(F)F)C1. The zero-order valence-electron chi connectivity index (χ0n) is 15.3. The van der Waals surface area contributed by atoms with E-state index < -0.39 is 12.7 Å². The van der Waals surface area contributed by atoms with Crippen LogP contribution in [-0.4, -0.2) is 49.8 Å². The molecule has 1 aromatic carbocycles. The largest absolute Gasteiger partial charge is 0.401 e. The molecule has 2 N–H and O–H groups in total. The standard InChI is InChI=1S/C18H27F3N4/c1-12-7-13(2)16(14(3)8-12)9-23-17(22-4)24-15-5-6-25(10-15)11-18(19,20)21/h7-8,15H,5-6,9-11H2,1-4H3,(H2,22,23,24). The Morgan fingerprint density at radius 2 is 1.88 bits per heavy atom. The fraction of sp³-hybridized carbons (Fsp3) is 0.611. The highest BCUT2D eigenvalue weighted by atomic mass is 19.4. The normalized spacial score (nSPS) is 19.3. The molecule has 1 heterocycles. The molecule has 1 aliphatic rings. The minimum absolute atomic E-state index is 0.0197. The Morgan fingerprint density at radius 1 is 1.24 bits per heavy atom. The van der Waals surface area contributed by atoms with Crippen molar-refractivity contribution in [3.05, 3.63) is 34.4 Å². The number of aliphatic imine (C=N–C) groups is 1. The van der Waals surface area contributed by atoms with E-state index in [1.165, 1.54) is 27.2 Å². The molecule has 0 bridgehead atoms. The van der Waals surface area contributed by atoms with Gasteiger partial charge in [-0.05, 0) is 43.9 Å². The number of halogens is 3. The molecule has 0 saturated carbocycles. The first kappa shape index (κ1) is 19.6. The lowest BCUT2D eigenvalue weighted by molar-refractivity contribution is -0.143. The van der Waals surface area contributed by atoms with Crippen LogP contribution in [0.15, 0.2) is 17.1 Å². The number of guanidine groups is 1. The molecule has 140 valence electrons. The average Bonchev–Trinajstić information content (AvgIpc) is 2.89. The molecule has 1 unspecified atom stereocenters. The van der Waals surface area contributed by atoms with Crippen molar-refractivity contribution < 1.29 is 13.2 Å². The summed E-state index contributed by atoms with van der Waals surface area (Å²) < 4.78 is 37.4. The van der Waals surface area contributed by atoms with E-state index in [2.05, 4.69) is 48.5 Å². The minimum Gasteiger partial charge on any atom is -0.352 e. The lowest BCUT2D eigenvalue weighted by Gasteiger charge is -2.20. The van der Waals surface area contributed by atoms with Gasteiger partial charge in [0.2, 0.25) is 0 Å². The maximum atomic E-state index is 12.5. The molecule has 7 heteroatoms. The van der Waals surface area contributed by atoms with E-state index in [9.17, 15) is 13.2 Å². The molecular formula is C18H27F3N4. The van der Waals surface area contributed by atoms with Crippen molar-refractivity contribution in [2.24, 2.45) is 4.99 Å². The second-order valence-corrected chi connectivity index (χ2v) is 6.78. The maximum absolute atomic E-state index is 12.5. The van der Waals surface area contributed by atoms with Crippen molar-refractivity contribution in [1.82, 2.24) is 15.5 Å². The molecule has 1 fully saturated rings. The highest BCUT2D eigenvalue weighted by molar-refractivity contribution is 5.80. The molecule has 1 aliphatic heterocycles. The molecule has 0 radical (unpaired) electrons. The zero-order chi connectivity index (χ0) is 18.6. The van der Waals surface area contributed by atoms with Gasteiger partial charge >= 0.3 is 6.18 Å². The third kappa shape index (κ3) is 5.92. The van der Waals surface area contributed by atoms with Crippen molar-refractivity contribution in [3.8, 4) is 0 Å². The third-order valence-electron chi connectivity index (χ3n) is 4.51. The molecule has 1 atom stereocenters. The smallest absolute Gasteiger partial charge is 0.352 e. The fourth-order valence-electron chi connectivity index (χ4n) is 3.40.